The van der Waals surface area contributed by atoms with Gasteiger partial charge in [-0.1, -0.05) is 0 Å². The zero-order valence-electron chi connectivity index (χ0n) is 10.4. The second-order valence-electron chi connectivity index (χ2n) is 5.43. The van der Waals surface area contributed by atoms with E-state index in [1.165, 1.54) is 31.9 Å². The van der Waals surface area contributed by atoms with Crippen molar-refractivity contribution in [3.63, 3.8) is 0 Å². The maximum atomic E-state index is 11.0. The average molecular weight is 254 g/mol. The van der Waals surface area contributed by atoms with Crippen molar-refractivity contribution >= 4 is 30.3 Å². The van der Waals surface area contributed by atoms with E-state index in [2.05, 4.69) is 14.9 Å². The van der Waals surface area contributed by atoms with Crippen LogP contribution in [0.5, 0.6) is 0 Å². The molecule has 3 aliphatic rings. The number of carboxylic acids is 1. The number of aliphatic imine (C=N–C) groups is 1. The van der Waals surface area contributed by atoms with E-state index in [1.54, 1.807) is 6.07 Å². The van der Waals surface area contributed by atoms with Crippen LogP contribution in [-0.2, 0) is 0 Å². The topological polar surface area (TPSA) is 65.8 Å². The molecule has 0 saturated heterocycles. The minimum absolute atomic E-state index is 0.218. The van der Waals surface area contributed by atoms with Gasteiger partial charge in [0.25, 0.3) is 0 Å². The van der Waals surface area contributed by atoms with Crippen LogP contribution in [0.3, 0.4) is 0 Å². The molecule has 2 heterocycles. The van der Waals surface area contributed by atoms with Crippen molar-refractivity contribution in [3.8, 4) is 0 Å². The maximum absolute atomic E-state index is 11.0. The van der Waals surface area contributed by atoms with Crippen molar-refractivity contribution in [2.75, 3.05) is 0 Å². The molecule has 6 heteroatoms. The molecule has 0 bridgehead atoms. The van der Waals surface area contributed by atoms with Crippen LogP contribution in [0.4, 0.5) is 5.82 Å². The van der Waals surface area contributed by atoms with E-state index in [1.807, 2.05) is 7.28 Å². The second-order valence-corrected chi connectivity index (χ2v) is 5.43. The second kappa shape index (κ2) is 3.82. The molecule has 4 rings (SSSR count). The Labute approximate surface area is 111 Å². The van der Waals surface area contributed by atoms with Crippen molar-refractivity contribution < 1.29 is 9.90 Å². The Hall–Kier alpha value is -1.85. The molecule has 1 radical (unpaired) electrons. The first-order valence-corrected chi connectivity index (χ1v) is 6.67. The molecule has 1 aromatic heterocycles. The van der Waals surface area contributed by atoms with E-state index in [0.29, 0.717) is 17.9 Å². The number of carbonyl (C=O) groups is 1. The third-order valence-electron chi connectivity index (χ3n) is 3.79. The van der Waals surface area contributed by atoms with Crippen molar-refractivity contribution in [1.82, 2.24) is 9.88 Å². The molecule has 2 aliphatic carbocycles. The summed E-state index contributed by atoms with van der Waals surface area (Å²) in [6.07, 6.45) is 6.35. The molecule has 0 unspecified atom stereocenters. The van der Waals surface area contributed by atoms with Gasteiger partial charge in [0.1, 0.15) is 5.82 Å². The van der Waals surface area contributed by atoms with Crippen molar-refractivity contribution in [2.45, 2.75) is 37.8 Å². The van der Waals surface area contributed by atoms with Gasteiger partial charge in [0.05, 0.1) is 11.3 Å². The van der Waals surface area contributed by atoms with Crippen molar-refractivity contribution in [3.05, 3.63) is 17.8 Å². The highest BCUT2D eigenvalue weighted by atomic mass is 16.4. The van der Waals surface area contributed by atoms with E-state index in [-0.39, 0.29) is 5.56 Å². The van der Waals surface area contributed by atoms with Crippen LogP contribution in [0, 0.1) is 0 Å². The van der Waals surface area contributed by atoms with Crippen LogP contribution in [0.2, 0.25) is 0 Å². The van der Waals surface area contributed by atoms with Gasteiger partial charge in [-0.25, -0.2) is 14.8 Å². The lowest BCUT2D eigenvalue weighted by atomic mass is 9.70. The first kappa shape index (κ1) is 11.0. The van der Waals surface area contributed by atoms with Crippen LogP contribution in [0.15, 0.2) is 17.3 Å². The predicted molar refractivity (Wildman–Crippen MR) is 71.6 cm³/mol. The maximum Gasteiger partial charge on any atom is 0.337 e. The van der Waals surface area contributed by atoms with Crippen molar-refractivity contribution in [1.29, 1.82) is 0 Å². The summed E-state index contributed by atoms with van der Waals surface area (Å²) in [4.78, 5) is 22.1. The largest absolute Gasteiger partial charge is 0.478 e. The average Bonchev–Trinajstić information content (AvgIpc) is 3.28. The predicted octanol–water partition coefficient (Wildman–Crippen LogP) is 0.737. The summed E-state index contributed by atoms with van der Waals surface area (Å²) in [7, 11) is 1.98. The van der Waals surface area contributed by atoms with Gasteiger partial charge < -0.3 is 10.0 Å². The number of aromatic carboxylic acids is 1. The van der Waals surface area contributed by atoms with Gasteiger partial charge in [0.2, 0.25) is 7.28 Å². The number of hydrogen-bond acceptors (Lipinski definition) is 4. The Bertz CT molecular complexity index is 582. The molecule has 0 amide bonds. The van der Waals surface area contributed by atoms with Crippen LogP contribution in [0.25, 0.3) is 0 Å². The number of aromatic nitrogens is 1. The Morgan fingerprint density at radius 3 is 2.58 bits per heavy atom. The molecular weight excluding hydrogens is 241 g/mol. The van der Waals surface area contributed by atoms with E-state index < -0.39 is 5.97 Å². The summed E-state index contributed by atoms with van der Waals surface area (Å²) in [5, 5.41) is 8.99. The summed E-state index contributed by atoms with van der Waals surface area (Å²) in [5.74, 6) is -0.301. The summed E-state index contributed by atoms with van der Waals surface area (Å²) < 4.78 is 0. The molecule has 0 spiro atoms. The molecule has 2 fully saturated rings. The number of pyridine rings is 1. The molecule has 5 nitrogen and oxygen atoms in total. The number of nitrogens with zero attached hydrogens (tertiary/aromatic N) is 3. The summed E-state index contributed by atoms with van der Waals surface area (Å²) in [6.45, 7) is 0. The Balaban J connectivity index is 1.62. The van der Waals surface area contributed by atoms with Gasteiger partial charge in [0.15, 0.2) is 0 Å². The van der Waals surface area contributed by atoms with Crippen LogP contribution in [0.1, 0.15) is 36.0 Å². The third-order valence-corrected chi connectivity index (χ3v) is 3.79. The Kier molecular flexibility index (Phi) is 2.22. The molecule has 1 aromatic rings. The number of carboxylic acid groups (broad SMARTS) is 1. The lowest BCUT2D eigenvalue weighted by Gasteiger charge is -2.24. The Morgan fingerprint density at radius 1 is 1.32 bits per heavy atom. The zero-order valence-corrected chi connectivity index (χ0v) is 10.4. The fraction of sp³-hybridized carbons (Fsp3) is 0.462. The first-order valence-electron chi connectivity index (χ1n) is 6.67. The number of rotatable bonds is 3. The summed E-state index contributed by atoms with van der Waals surface area (Å²) in [6, 6.07) is 2.92. The molecule has 1 N–H and O–H groups in total. The number of fused-ring (bicyclic) bond motifs is 1. The Morgan fingerprint density at radius 2 is 2.00 bits per heavy atom. The molecule has 0 aromatic carbocycles. The van der Waals surface area contributed by atoms with Crippen LogP contribution >= 0.6 is 0 Å². The first-order chi connectivity index (χ1) is 9.22. The van der Waals surface area contributed by atoms with E-state index >= 15 is 0 Å². The highest BCUT2D eigenvalue weighted by Gasteiger charge is 2.42. The quantitative estimate of drug-likeness (QED) is 0.808. The molecule has 95 valence electrons. The SMILES string of the molecule is O=C(O)c1cnc2c(c1)[B]C(N(C1CC1)C1CC1)=N2. The lowest BCUT2D eigenvalue weighted by Crippen LogP contribution is -2.39. The van der Waals surface area contributed by atoms with E-state index in [4.69, 9.17) is 5.11 Å². The number of hydrogen-bond donors (Lipinski definition) is 1. The van der Waals surface area contributed by atoms with Gasteiger partial charge in [-0.3, -0.25) is 0 Å². The normalized spacial score (nSPS) is 20.5. The van der Waals surface area contributed by atoms with Crippen molar-refractivity contribution in [2.24, 2.45) is 4.99 Å². The van der Waals surface area contributed by atoms with E-state index in [9.17, 15) is 4.79 Å². The molecule has 1 aliphatic heterocycles. The monoisotopic (exact) mass is 254 g/mol. The molecular formula is C13H13BN3O2. The molecule has 0 atom stereocenters. The minimum Gasteiger partial charge on any atom is -0.478 e. The standard InChI is InChI=1S/C13H13BN3O2/c18-12(19)7-5-10-11(15-6-7)16-13(14-10)17(8-1-2-8)9-3-4-9/h5-6,8-9H,1-4H2,(H,18,19). The smallest absolute Gasteiger partial charge is 0.337 e. The summed E-state index contributed by atoms with van der Waals surface area (Å²) >= 11 is 0. The highest BCUT2D eigenvalue weighted by Crippen LogP contribution is 2.38. The molecule has 19 heavy (non-hydrogen) atoms. The van der Waals surface area contributed by atoms with Gasteiger partial charge in [0, 0.05) is 18.3 Å². The fourth-order valence-corrected chi connectivity index (χ4v) is 2.58. The summed E-state index contributed by atoms with van der Waals surface area (Å²) in [5.41, 5.74) is 2.01. The van der Waals surface area contributed by atoms with Gasteiger partial charge in [-0.15, -0.1) is 0 Å². The number of amidine groups is 1. The van der Waals surface area contributed by atoms with Gasteiger partial charge >= 0.3 is 5.97 Å². The fourth-order valence-electron chi connectivity index (χ4n) is 2.58. The van der Waals surface area contributed by atoms with E-state index in [0.717, 1.165) is 11.2 Å². The van der Waals surface area contributed by atoms with Gasteiger partial charge in [-0.2, -0.15) is 0 Å². The third kappa shape index (κ3) is 1.91. The van der Waals surface area contributed by atoms with Gasteiger partial charge in [-0.05, 0) is 37.2 Å². The van der Waals surface area contributed by atoms with Crippen LogP contribution < -0.4 is 5.46 Å². The van der Waals surface area contributed by atoms with Crippen LogP contribution in [-0.4, -0.2) is 46.1 Å². The highest BCUT2D eigenvalue weighted by molar-refractivity contribution is 6.87. The molecule has 2 saturated carbocycles. The minimum atomic E-state index is -0.946. The zero-order chi connectivity index (χ0) is 13.0. The lowest BCUT2D eigenvalue weighted by molar-refractivity contribution is 0.0696.